The van der Waals surface area contributed by atoms with Gasteiger partial charge in [0.1, 0.15) is 5.70 Å². The molecule has 0 spiro atoms. The summed E-state index contributed by atoms with van der Waals surface area (Å²) in [5.41, 5.74) is 7.15. The predicted octanol–water partition coefficient (Wildman–Crippen LogP) is -0.356. The van der Waals surface area contributed by atoms with Crippen LogP contribution < -0.4 is 5.73 Å². The van der Waals surface area contributed by atoms with Crippen LogP contribution in [0.3, 0.4) is 0 Å². The second-order valence-corrected chi connectivity index (χ2v) is 3.09. The van der Waals surface area contributed by atoms with Crippen molar-refractivity contribution in [3.8, 4) is 0 Å². The third-order valence-electron chi connectivity index (χ3n) is 2.03. The smallest absolute Gasteiger partial charge is 0.292 e. The van der Waals surface area contributed by atoms with E-state index < -0.39 is 5.91 Å². The van der Waals surface area contributed by atoms with E-state index in [9.17, 15) is 4.79 Å². The van der Waals surface area contributed by atoms with Crippen molar-refractivity contribution in [1.82, 2.24) is 5.06 Å². The van der Waals surface area contributed by atoms with Crippen LogP contribution in [0.2, 0.25) is 0 Å². The van der Waals surface area contributed by atoms with E-state index in [4.69, 9.17) is 10.9 Å². The lowest BCUT2D eigenvalue weighted by molar-refractivity contribution is -0.114. The van der Waals surface area contributed by atoms with Gasteiger partial charge < -0.3 is 11.2 Å². The third-order valence-corrected chi connectivity index (χ3v) is 2.03. The Bertz CT molecular complexity index is 442. The van der Waals surface area contributed by atoms with Gasteiger partial charge in [-0.15, -0.1) is 0 Å². The van der Waals surface area contributed by atoms with Crippen molar-refractivity contribution >= 4 is 12.1 Å². The highest BCUT2D eigenvalue weighted by atomic mass is 16.5. The topological polar surface area (TPSA) is 110 Å². The number of nitrogens with zero attached hydrogens (tertiary/aromatic N) is 2. The number of allylic oxidation sites excluding steroid dienone is 5. The number of rotatable bonds is 0. The molecule has 0 aromatic rings. The summed E-state index contributed by atoms with van der Waals surface area (Å²) < 4.78 is 0. The normalized spacial score (nSPS) is 18.7. The van der Waals surface area contributed by atoms with Gasteiger partial charge >= 0.3 is 0 Å². The molecule has 2 heterocycles. The Morgan fingerprint density at radius 1 is 1.25 bits per heavy atom. The number of hydrogen-bond donors (Lipinski definition) is 2. The fourth-order valence-electron chi connectivity index (χ4n) is 1.24. The van der Waals surface area contributed by atoms with Crippen molar-refractivity contribution in [3.05, 3.63) is 47.5 Å². The van der Waals surface area contributed by atoms with E-state index in [-0.39, 0.29) is 11.2 Å². The lowest BCUT2D eigenvalue weighted by Gasteiger charge is -2.12. The molecule has 0 atom stereocenters. The van der Waals surface area contributed by atoms with Gasteiger partial charge in [-0.1, -0.05) is 0 Å². The number of carbonyl (C=O) groups excluding carboxylic acids is 1. The van der Waals surface area contributed by atoms with E-state index in [0.717, 1.165) is 16.2 Å². The van der Waals surface area contributed by atoms with Crippen molar-refractivity contribution in [2.45, 2.75) is 0 Å². The highest BCUT2D eigenvalue weighted by Gasteiger charge is 2.11. The summed E-state index contributed by atoms with van der Waals surface area (Å²) in [5.74, 6) is -0.424. The molecule has 0 fully saturated rings. The maximum Gasteiger partial charge on any atom is 0.292 e. The summed E-state index contributed by atoms with van der Waals surface area (Å²) in [5, 5.41) is 9.96. The van der Waals surface area contributed by atoms with Crippen LogP contribution in [-0.2, 0) is 4.79 Å². The molecule has 5 N–H and O–H groups in total. The molecular weight excluding hydrogens is 210 g/mol. The number of amides is 1. The summed E-state index contributed by atoms with van der Waals surface area (Å²) in [6, 6.07) is 0. The number of hydrogen-bond acceptors (Lipinski definition) is 4. The molecule has 2 aliphatic heterocycles. The van der Waals surface area contributed by atoms with Gasteiger partial charge in [0.05, 0.1) is 0 Å². The van der Waals surface area contributed by atoms with E-state index in [1.807, 2.05) is 0 Å². The number of hydroxylamine groups is 2. The quantitative estimate of drug-likeness (QED) is 0.582. The van der Waals surface area contributed by atoms with Gasteiger partial charge in [0, 0.05) is 24.2 Å². The Hall–Kier alpha value is -2.18. The van der Waals surface area contributed by atoms with E-state index in [1.54, 1.807) is 18.2 Å². The highest BCUT2D eigenvalue weighted by Crippen LogP contribution is 2.16. The maximum absolute atomic E-state index is 11.0. The van der Waals surface area contributed by atoms with Gasteiger partial charge in [-0.05, 0) is 23.8 Å². The van der Waals surface area contributed by atoms with Crippen LogP contribution in [-0.4, -0.2) is 27.9 Å². The number of carbonyl (C=O) groups is 1. The van der Waals surface area contributed by atoms with Crippen molar-refractivity contribution in [2.75, 3.05) is 0 Å². The zero-order valence-electron chi connectivity index (χ0n) is 8.29. The Labute approximate surface area is 91.6 Å². The van der Waals surface area contributed by atoms with Crippen molar-refractivity contribution in [3.63, 3.8) is 0 Å². The van der Waals surface area contributed by atoms with E-state index in [0.29, 0.717) is 0 Å². The van der Waals surface area contributed by atoms with Crippen molar-refractivity contribution < 1.29 is 15.5 Å². The molecular formula is C10H11N3O3. The summed E-state index contributed by atoms with van der Waals surface area (Å²) in [6.07, 6.45) is 9.37. The summed E-state index contributed by atoms with van der Waals surface area (Å²) in [7, 11) is 0. The molecule has 2 aliphatic rings. The second-order valence-electron chi connectivity index (χ2n) is 3.09. The summed E-state index contributed by atoms with van der Waals surface area (Å²) in [6.45, 7) is 0. The third kappa shape index (κ3) is 2.25. The number of dihydropyridines is 1. The predicted molar refractivity (Wildman–Crippen MR) is 58.3 cm³/mol. The molecule has 6 heteroatoms. The van der Waals surface area contributed by atoms with E-state index in [2.05, 4.69) is 4.99 Å². The van der Waals surface area contributed by atoms with Crippen LogP contribution in [0.15, 0.2) is 52.5 Å². The number of nitrogens with two attached hydrogens (primary N) is 1. The largest absolute Gasteiger partial charge is 0.412 e. The van der Waals surface area contributed by atoms with Gasteiger partial charge in [0.2, 0.25) is 0 Å². The molecule has 0 saturated heterocycles. The minimum atomic E-state index is -0.424. The summed E-state index contributed by atoms with van der Waals surface area (Å²) in [4.78, 5) is 14.6. The first-order chi connectivity index (χ1) is 7.16. The minimum absolute atomic E-state index is 0. The Morgan fingerprint density at radius 3 is 2.44 bits per heavy atom. The van der Waals surface area contributed by atoms with Crippen LogP contribution >= 0.6 is 0 Å². The molecule has 0 unspecified atom stereocenters. The van der Waals surface area contributed by atoms with Gasteiger partial charge in [0.25, 0.3) is 5.91 Å². The van der Waals surface area contributed by atoms with Crippen molar-refractivity contribution in [2.24, 2.45) is 10.7 Å². The molecule has 0 radical (unpaired) electrons. The van der Waals surface area contributed by atoms with E-state index >= 15 is 0 Å². The molecule has 0 aromatic carbocycles. The van der Waals surface area contributed by atoms with E-state index in [1.165, 1.54) is 18.6 Å². The Kier molecular flexibility index (Phi) is 3.39. The average Bonchev–Trinajstić information content (AvgIpc) is 2.23. The van der Waals surface area contributed by atoms with Gasteiger partial charge in [0.15, 0.2) is 0 Å². The van der Waals surface area contributed by atoms with Crippen LogP contribution in [0.4, 0.5) is 0 Å². The first-order valence-electron chi connectivity index (χ1n) is 4.30. The molecule has 0 bridgehead atoms. The average molecular weight is 221 g/mol. The van der Waals surface area contributed by atoms with Gasteiger partial charge in [-0.2, -0.15) is 0 Å². The second kappa shape index (κ2) is 4.56. The maximum atomic E-state index is 11.0. The lowest BCUT2D eigenvalue weighted by atomic mass is 10.0. The fourth-order valence-corrected chi connectivity index (χ4v) is 1.24. The highest BCUT2D eigenvalue weighted by molar-refractivity contribution is 6.06. The Morgan fingerprint density at radius 2 is 1.88 bits per heavy atom. The van der Waals surface area contributed by atoms with Gasteiger partial charge in [-0.25, -0.2) is 10.1 Å². The van der Waals surface area contributed by atoms with Gasteiger partial charge in [-0.3, -0.25) is 10.0 Å². The molecule has 1 amide bonds. The number of aliphatic imine (C=N–C) groups is 1. The molecule has 6 nitrogen and oxygen atoms in total. The van der Waals surface area contributed by atoms with Crippen LogP contribution in [0.5, 0.6) is 0 Å². The monoisotopic (exact) mass is 221 g/mol. The standard InChI is InChI=1S/C10H9N3O2.H2O/c11-9-5-8(6-12-10(9)14)7-1-3-13(15)4-2-7;/h1-6,15H,11H2;1H2. The zero-order chi connectivity index (χ0) is 10.8. The molecule has 0 aromatic heterocycles. The van der Waals surface area contributed by atoms with Crippen molar-refractivity contribution in [1.29, 1.82) is 0 Å². The lowest BCUT2D eigenvalue weighted by Crippen LogP contribution is -2.14. The molecule has 0 saturated carbocycles. The Balaban J connectivity index is 0.00000128. The minimum Gasteiger partial charge on any atom is -0.412 e. The van der Waals surface area contributed by atoms with Crippen LogP contribution in [0.25, 0.3) is 0 Å². The first-order valence-corrected chi connectivity index (χ1v) is 4.30. The molecule has 16 heavy (non-hydrogen) atoms. The van der Waals surface area contributed by atoms with Crippen LogP contribution in [0, 0.1) is 0 Å². The molecule has 84 valence electrons. The first kappa shape index (κ1) is 11.9. The SMILES string of the molecule is NC1=CC(=C2C=CN(O)C=C2)C=NC1=O.O. The molecule has 0 aliphatic carbocycles. The fraction of sp³-hybridized carbons (Fsp3) is 0. The molecule has 2 rings (SSSR count). The van der Waals surface area contributed by atoms with Crippen LogP contribution in [0.1, 0.15) is 0 Å². The zero-order valence-corrected chi connectivity index (χ0v) is 8.29. The summed E-state index contributed by atoms with van der Waals surface area (Å²) >= 11 is 0.